The molecule has 3 rings (SSSR count). The number of methoxy groups -OCH3 is 1. The summed E-state index contributed by atoms with van der Waals surface area (Å²) < 4.78 is 5.08. The lowest BCUT2D eigenvalue weighted by molar-refractivity contribution is -0.130. The zero-order valence-corrected chi connectivity index (χ0v) is 13.6. The monoisotopic (exact) mass is 342 g/mol. The van der Waals surface area contributed by atoms with Gasteiger partial charge in [0.2, 0.25) is 0 Å². The van der Waals surface area contributed by atoms with Crippen LogP contribution >= 0.6 is 11.3 Å². The van der Waals surface area contributed by atoms with E-state index < -0.39 is 17.8 Å². The van der Waals surface area contributed by atoms with Crippen LogP contribution in [0.1, 0.15) is 10.4 Å². The minimum atomic E-state index is -0.718. The molecule has 0 atom stereocenters. The van der Waals surface area contributed by atoms with Crippen molar-refractivity contribution in [2.75, 3.05) is 7.11 Å². The largest absolute Gasteiger partial charge is 0.497 e. The molecule has 0 spiro atoms. The molecule has 0 radical (unpaired) electrons. The molecule has 1 aromatic carbocycles. The SMILES string of the molecule is COc1ccc(CN2C(=O)NC(=O)C(=Cc3cccs3)C2=O)cc1. The Morgan fingerprint density at radius 2 is 1.92 bits per heavy atom. The number of thiophene rings is 1. The normalized spacial score (nSPS) is 16.5. The third-order valence-corrected chi connectivity index (χ3v) is 4.33. The minimum absolute atomic E-state index is 0.0504. The van der Waals surface area contributed by atoms with E-state index in [4.69, 9.17) is 4.74 Å². The maximum Gasteiger partial charge on any atom is 0.331 e. The molecule has 0 saturated carbocycles. The lowest BCUT2D eigenvalue weighted by Gasteiger charge is -2.26. The van der Waals surface area contributed by atoms with Crippen molar-refractivity contribution in [3.05, 3.63) is 57.8 Å². The van der Waals surface area contributed by atoms with Crippen molar-refractivity contribution in [1.82, 2.24) is 10.2 Å². The summed E-state index contributed by atoms with van der Waals surface area (Å²) in [4.78, 5) is 38.3. The van der Waals surface area contributed by atoms with Crippen molar-refractivity contribution in [2.24, 2.45) is 0 Å². The van der Waals surface area contributed by atoms with E-state index in [-0.39, 0.29) is 12.1 Å². The van der Waals surface area contributed by atoms with Crippen molar-refractivity contribution in [2.45, 2.75) is 6.54 Å². The molecule has 1 N–H and O–H groups in total. The molecule has 1 aromatic heterocycles. The molecule has 1 saturated heterocycles. The second kappa shape index (κ2) is 6.67. The molecule has 0 aliphatic carbocycles. The van der Waals surface area contributed by atoms with Gasteiger partial charge in [0.05, 0.1) is 13.7 Å². The molecular formula is C17H14N2O4S. The number of hydrogen-bond donors (Lipinski definition) is 1. The number of barbiturate groups is 1. The van der Waals surface area contributed by atoms with Crippen LogP contribution in [-0.4, -0.2) is 29.9 Å². The van der Waals surface area contributed by atoms with Crippen LogP contribution in [0.4, 0.5) is 4.79 Å². The molecular weight excluding hydrogens is 328 g/mol. The van der Waals surface area contributed by atoms with Crippen molar-refractivity contribution >= 4 is 35.3 Å². The van der Waals surface area contributed by atoms with Gasteiger partial charge in [-0.2, -0.15) is 0 Å². The van der Waals surface area contributed by atoms with Gasteiger partial charge in [-0.1, -0.05) is 18.2 Å². The number of imide groups is 2. The highest BCUT2D eigenvalue weighted by Gasteiger charge is 2.35. The Kier molecular flexibility index (Phi) is 4.43. The maximum atomic E-state index is 12.6. The first-order valence-corrected chi connectivity index (χ1v) is 8.02. The predicted octanol–water partition coefficient (Wildman–Crippen LogP) is 2.42. The number of benzene rings is 1. The molecule has 1 fully saturated rings. The highest BCUT2D eigenvalue weighted by Crippen LogP contribution is 2.20. The average Bonchev–Trinajstić information content (AvgIpc) is 3.09. The number of amides is 4. The number of hydrogen-bond acceptors (Lipinski definition) is 5. The smallest absolute Gasteiger partial charge is 0.331 e. The Labute approximate surface area is 142 Å². The van der Waals surface area contributed by atoms with Crippen molar-refractivity contribution in [1.29, 1.82) is 0 Å². The average molecular weight is 342 g/mol. The summed E-state index contributed by atoms with van der Waals surface area (Å²) in [6.45, 7) is 0.0731. The number of nitrogens with zero attached hydrogens (tertiary/aromatic N) is 1. The number of carbonyl (C=O) groups excluding carboxylic acids is 3. The molecule has 2 heterocycles. The summed E-state index contributed by atoms with van der Waals surface area (Å²) >= 11 is 1.40. The van der Waals surface area contributed by atoms with E-state index in [9.17, 15) is 14.4 Å². The number of carbonyl (C=O) groups is 3. The number of rotatable bonds is 4. The number of ether oxygens (including phenoxy) is 1. The first-order valence-electron chi connectivity index (χ1n) is 7.14. The predicted molar refractivity (Wildman–Crippen MR) is 89.4 cm³/mol. The molecule has 122 valence electrons. The van der Waals surface area contributed by atoms with Gasteiger partial charge in [-0.25, -0.2) is 4.79 Å². The van der Waals surface area contributed by atoms with Crippen LogP contribution in [0.5, 0.6) is 5.75 Å². The van der Waals surface area contributed by atoms with Gasteiger partial charge in [-0.3, -0.25) is 19.8 Å². The molecule has 1 aliphatic rings. The molecule has 2 aromatic rings. The molecule has 4 amide bonds. The molecule has 1 aliphatic heterocycles. The van der Waals surface area contributed by atoms with Crippen LogP contribution in [0.15, 0.2) is 47.4 Å². The molecule has 24 heavy (non-hydrogen) atoms. The van der Waals surface area contributed by atoms with E-state index >= 15 is 0 Å². The zero-order chi connectivity index (χ0) is 17.1. The van der Waals surface area contributed by atoms with Gasteiger partial charge in [0.25, 0.3) is 11.8 Å². The van der Waals surface area contributed by atoms with Crippen molar-refractivity contribution < 1.29 is 19.1 Å². The van der Waals surface area contributed by atoms with E-state index in [1.807, 2.05) is 11.4 Å². The summed E-state index contributed by atoms with van der Waals surface area (Å²) in [5.41, 5.74) is 0.703. The first kappa shape index (κ1) is 15.9. The van der Waals surface area contributed by atoms with E-state index in [2.05, 4.69) is 5.32 Å². The highest BCUT2D eigenvalue weighted by atomic mass is 32.1. The lowest BCUT2D eigenvalue weighted by Crippen LogP contribution is -2.53. The fourth-order valence-corrected chi connectivity index (χ4v) is 2.92. The third-order valence-electron chi connectivity index (χ3n) is 3.52. The Balaban J connectivity index is 1.85. The van der Waals surface area contributed by atoms with Crippen LogP contribution in [0.25, 0.3) is 6.08 Å². The Bertz CT molecular complexity index is 810. The van der Waals surface area contributed by atoms with E-state index in [0.29, 0.717) is 5.75 Å². The van der Waals surface area contributed by atoms with Gasteiger partial charge in [-0.05, 0) is 35.2 Å². The van der Waals surface area contributed by atoms with Crippen molar-refractivity contribution in [3.8, 4) is 5.75 Å². The van der Waals surface area contributed by atoms with Crippen LogP contribution in [0, 0.1) is 0 Å². The lowest BCUT2D eigenvalue weighted by atomic mass is 10.1. The standard InChI is InChI=1S/C17H14N2O4S/c1-23-12-6-4-11(5-7-12)10-19-16(21)14(15(20)18-17(19)22)9-13-3-2-8-24-13/h2-9H,10H2,1H3,(H,18,20,22). The third kappa shape index (κ3) is 3.21. The van der Waals surface area contributed by atoms with Crippen LogP contribution in [0.3, 0.4) is 0 Å². The second-order valence-corrected chi connectivity index (χ2v) is 6.05. The fourth-order valence-electron chi connectivity index (χ4n) is 2.27. The quantitative estimate of drug-likeness (QED) is 0.684. The first-order chi connectivity index (χ1) is 11.6. The fraction of sp³-hybridized carbons (Fsp3) is 0.118. The molecule has 7 heteroatoms. The summed E-state index contributed by atoms with van der Waals surface area (Å²) in [5, 5.41) is 4.05. The Morgan fingerprint density at radius 1 is 1.17 bits per heavy atom. The molecule has 0 unspecified atom stereocenters. The summed E-state index contributed by atoms with van der Waals surface area (Å²) in [7, 11) is 1.56. The number of urea groups is 1. The zero-order valence-electron chi connectivity index (χ0n) is 12.8. The summed E-state index contributed by atoms with van der Waals surface area (Å²) in [6, 6.07) is 9.91. The van der Waals surface area contributed by atoms with E-state index in [0.717, 1.165) is 15.3 Å². The second-order valence-electron chi connectivity index (χ2n) is 5.07. The van der Waals surface area contributed by atoms with Gasteiger partial charge in [0, 0.05) is 4.88 Å². The summed E-state index contributed by atoms with van der Waals surface area (Å²) in [5.74, 6) is -0.598. The Hall–Kier alpha value is -2.93. The van der Waals surface area contributed by atoms with Gasteiger partial charge in [0.1, 0.15) is 11.3 Å². The Morgan fingerprint density at radius 3 is 2.54 bits per heavy atom. The van der Waals surface area contributed by atoms with Gasteiger partial charge in [0.15, 0.2) is 0 Å². The van der Waals surface area contributed by atoms with Gasteiger partial charge >= 0.3 is 6.03 Å². The topological polar surface area (TPSA) is 75.7 Å². The number of nitrogens with one attached hydrogen (secondary N) is 1. The minimum Gasteiger partial charge on any atom is -0.497 e. The molecule has 6 nitrogen and oxygen atoms in total. The van der Waals surface area contributed by atoms with E-state index in [1.165, 1.54) is 17.4 Å². The maximum absolute atomic E-state index is 12.6. The highest BCUT2D eigenvalue weighted by molar-refractivity contribution is 7.10. The van der Waals surface area contributed by atoms with Crippen LogP contribution in [-0.2, 0) is 16.1 Å². The van der Waals surface area contributed by atoms with Crippen LogP contribution in [0.2, 0.25) is 0 Å². The van der Waals surface area contributed by atoms with Crippen molar-refractivity contribution in [3.63, 3.8) is 0 Å². The van der Waals surface area contributed by atoms with Gasteiger partial charge in [-0.15, -0.1) is 11.3 Å². The van der Waals surface area contributed by atoms with Gasteiger partial charge < -0.3 is 4.74 Å². The summed E-state index contributed by atoms with van der Waals surface area (Å²) in [6.07, 6.45) is 1.50. The van der Waals surface area contributed by atoms with E-state index in [1.54, 1.807) is 37.4 Å². The van der Waals surface area contributed by atoms with Crippen LogP contribution < -0.4 is 10.1 Å². The molecule has 0 bridgehead atoms.